The zero-order valence-corrected chi connectivity index (χ0v) is 23.4. The number of terminal acetylenes is 1. The minimum Gasteiger partial charge on any atom is -0.479 e. The Morgan fingerprint density at radius 1 is 1.16 bits per heavy atom. The minimum absolute atomic E-state index is 0.0265. The highest BCUT2D eigenvalue weighted by Gasteiger charge is 2.58. The molecule has 4 aromatic rings. The van der Waals surface area contributed by atoms with E-state index in [1.807, 2.05) is 0 Å². The van der Waals surface area contributed by atoms with Crippen LogP contribution in [0.3, 0.4) is 0 Å². The van der Waals surface area contributed by atoms with Gasteiger partial charge in [-0.25, -0.2) is 19.0 Å². The zero-order valence-electron chi connectivity index (χ0n) is 22.7. The largest absolute Gasteiger partial charge is 0.479 e. The Labute approximate surface area is 253 Å². The van der Waals surface area contributed by atoms with Crippen LogP contribution in [0.5, 0.6) is 0 Å². The van der Waals surface area contributed by atoms with Crippen LogP contribution < -0.4 is 5.32 Å². The third-order valence-electron chi connectivity index (χ3n) is 7.29. The number of halogens is 2. The highest BCUT2D eigenvalue weighted by Crippen LogP contribution is 2.39. The van der Waals surface area contributed by atoms with Crippen LogP contribution in [0.25, 0.3) is 11.2 Å². The summed E-state index contributed by atoms with van der Waals surface area (Å²) in [4.78, 5) is 37.0. The van der Waals surface area contributed by atoms with Crippen LogP contribution in [0.1, 0.15) is 17.4 Å². The Balaban J connectivity index is 1.43. The van der Waals surface area contributed by atoms with Crippen LogP contribution in [-0.2, 0) is 32.0 Å². The average molecular weight is 626 g/mol. The van der Waals surface area contributed by atoms with Gasteiger partial charge in [-0.15, -0.1) is 6.42 Å². The zero-order chi connectivity index (χ0) is 31.6. The number of anilines is 1. The number of carboxylic acid groups (broad SMARTS) is 2. The van der Waals surface area contributed by atoms with E-state index in [4.69, 9.17) is 27.5 Å². The molecular formula is C29H25ClFN5O8. The average Bonchev–Trinajstić information content (AvgIpc) is 3.53. The number of nitrogens with one attached hydrogen (secondary N) is 1. The predicted molar refractivity (Wildman–Crippen MR) is 152 cm³/mol. The van der Waals surface area contributed by atoms with Gasteiger partial charge in [0.2, 0.25) is 5.28 Å². The maximum Gasteiger partial charge on any atom is 0.348 e. The van der Waals surface area contributed by atoms with E-state index in [1.54, 1.807) is 36.4 Å². The van der Waals surface area contributed by atoms with Crippen molar-refractivity contribution in [2.75, 3.05) is 11.9 Å². The van der Waals surface area contributed by atoms with Crippen LogP contribution in [-0.4, -0.2) is 81.9 Å². The van der Waals surface area contributed by atoms with Crippen molar-refractivity contribution >= 4 is 40.5 Å². The number of aliphatic hydroxyl groups is 2. The molecule has 0 amide bonds. The number of nitrogens with zero attached hydrogens (tertiary/aromatic N) is 4. The second-order valence-electron chi connectivity index (χ2n) is 9.95. The molecule has 1 saturated heterocycles. The fourth-order valence-electron chi connectivity index (χ4n) is 4.86. The number of aliphatic hydroxyl groups excluding tert-OH is 1. The van der Waals surface area contributed by atoms with E-state index in [9.17, 15) is 34.4 Å². The molecule has 2 aromatic heterocycles. The summed E-state index contributed by atoms with van der Waals surface area (Å²) in [5.41, 5.74) is -4.33. The van der Waals surface area contributed by atoms with Crippen molar-refractivity contribution in [2.45, 2.75) is 42.6 Å². The first-order valence-corrected chi connectivity index (χ1v) is 13.4. The lowest BCUT2D eigenvalue weighted by atomic mass is 9.92. The van der Waals surface area contributed by atoms with Gasteiger partial charge < -0.3 is 35.2 Å². The van der Waals surface area contributed by atoms with E-state index in [2.05, 4.69) is 26.2 Å². The quantitative estimate of drug-likeness (QED) is 0.0928. The molecule has 0 unspecified atom stereocenters. The van der Waals surface area contributed by atoms with Gasteiger partial charge in [-0.05, 0) is 23.2 Å². The van der Waals surface area contributed by atoms with E-state index >= 15 is 0 Å². The summed E-state index contributed by atoms with van der Waals surface area (Å²) in [5, 5.41) is 44.9. The van der Waals surface area contributed by atoms with E-state index in [0.29, 0.717) is 11.1 Å². The fourth-order valence-corrected chi connectivity index (χ4v) is 5.02. The molecule has 1 aliphatic rings. The van der Waals surface area contributed by atoms with Gasteiger partial charge in [0.15, 0.2) is 28.8 Å². The van der Waals surface area contributed by atoms with Gasteiger partial charge in [-0.1, -0.05) is 54.5 Å². The molecular weight excluding hydrogens is 601 g/mol. The van der Waals surface area contributed by atoms with Crippen molar-refractivity contribution in [3.63, 3.8) is 0 Å². The lowest BCUT2D eigenvalue weighted by molar-refractivity contribution is -0.191. The number of imidazole rings is 1. The predicted octanol–water partition coefficient (Wildman–Crippen LogP) is 2.02. The summed E-state index contributed by atoms with van der Waals surface area (Å²) in [5.74, 6) is -1.84. The molecule has 3 heterocycles. The summed E-state index contributed by atoms with van der Waals surface area (Å²) in [6.07, 6.45) is 1.32. The van der Waals surface area contributed by atoms with Crippen molar-refractivity contribution in [1.82, 2.24) is 19.5 Å². The summed E-state index contributed by atoms with van der Waals surface area (Å²) < 4.78 is 26.7. The minimum atomic E-state index is -2.77. The van der Waals surface area contributed by atoms with E-state index in [-0.39, 0.29) is 28.8 Å². The molecule has 1 aliphatic heterocycles. The highest BCUT2D eigenvalue weighted by atomic mass is 35.5. The molecule has 228 valence electrons. The standard InChI is InChI=1S/C29H25ClFN5O8/c1-2-28(42)19(14-43-29(25(38)39,26(40)41)12-16-8-4-3-5-9-16)44-24(21(28)37)36-15-33-20-22(34-27(30)35-23(20)36)32-13-17-10-6-7-11-18(17)31/h1,3-11,15,19,21,24,37,42H,12-14H2,(H,38,39)(H,40,41)(H,32,34,35)/t19-,21+,24-,28-/m1/s1. The molecule has 0 aliphatic carbocycles. The van der Waals surface area contributed by atoms with Crippen molar-refractivity contribution in [3.05, 3.63) is 83.2 Å². The number of hydrogen-bond donors (Lipinski definition) is 5. The number of aliphatic carboxylic acids is 2. The first-order chi connectivity index (χ1) is 21.0. The molecule has 5 N–H and O–H groups in total. The molecule has 0 bridgehead atoms. The second-order valence-corrected chi connectivity index (χ2v) is 10.3. The van der Waals surface area contributed by atoms with Gasteiger partial charge in [0, 0.05) is 18.5 Å². The van der Waals surface area contributed by atoms with E-state index in [1.165, 1.54) is 29.1 Å². The van der Waals surface area contributed by atoms with Crippen molar-refractivity contribution < 1.29 is 43.9 Å². The summed E-state index contributed by atoms with van der Waals surface area (Å²) in [6.45, 7) is -0.809. The Bertz CT molecular complexity index is 1730. The molecule has 1 fully saturated rings. The van der Waals surface area contributed by atoms with E-state index < -0.39 is 60.4 Å². The van der Waals surface area contributed by atoms with Gasteiger partial charge in [0.25, 0.3) is 5.60 Å². The topological polar surface area (TPSA) is 189 Å². The SMILES string of the molecule is C#C[C@@]1(O)[C@@H](COC(Cc2ccccc2)(C(=O)O)C(=O)O)O[C@@H](n2cnc3c(NCc4ccccc4F)nc(Cl)nc32)[C@@H]1O. The smallest absolute Gasteiger partial charge is 0.348 e. The number of fused-ring (bicyclic) bond motifs is 1. The number of hydrogen-bond acceptors (Lipinski definition) is 10. The number of ether oxygens (including phenoxy) is 2. The number of carboxylic acids is 2. The number of benzene rings is 2. The number of carbonyl (C=O) groups is 2. The fraction of sp³-hybridized carbons (Fsp3) is 0.276. The molecule has 13 nitrogen and oxygen atoms in total. The summed E-state index contributed by atoms with van der Waals surface area (Å²) in [6, 6.07) is 14.1. The normalized spacial score (nSPS) is 21.7. The lowest BCUT2D eigenvalue weighted by Crippen LogP contribution is -2.55. The molecule has 0 spiro atoms. The van der Waals surface area contributed by atoms with Crippen LogP contribution >= 0.6 is 11.6 Å². The maximum atomic E-state index is 14.1. The molecule has 0 radical (unpaired) electrons. The number of rotatable bonds is 11. The highest BCUT2D eigenvalue weighted by molar-refractivity contribution is 6.28. The van der Waals surface area contributed by atoms with Gasteiger partial charge in [0.1, 0.15) is 18.0 Å². The molecule has 5 rings (SSSR count). The van der Waals surface area contributed by atoms with Crippen LogP contribution in [0.2, 0.25) is 5.28 Å². The third-order valence-corrected chi connectivity index (χ3v) is 7.46. The van der Waals surface area contributed by atoms with Gasteiger partial charge in [-0.3, -0.25) is 4.57 Å². The third kappa shape index (κ3) is 5.54. The van der Waals surface area contributed by atoms with Crippen LogP contribution in [0, 0.1) is 18.2 Å². The second kappa shape index (κ2) is 12.2. The van der Waals surface area contributed by atoms with Crippen molar-refractivity contribution in [3.8, 4) is 12.3 Å². The Morgan fingerprint density at radius 2 is 1.84 bits per heavy atom. The van der Waals surface area contributed by atoms with Crippen LogP contribution in [0.4, 0.5) is 10.2 Å². The molecule has 15 heteroatoms. The van der Waals surface area contributed by atoms with Gasteiger partial charge in [-0.2, -0.15) is 9.97 Å². The first-order valence-electron chi connectivity index (χ1n) is 13.1. The summed E-state index contributed by atoms with van der Waals surface area (Å²) >= 11 is 6.15. The lowest BCUT2D eigenvalue weighted by Gasteiger charge is -2.30. The Kier molecular flexibility index (Phi) is 8.51. The monoisotopic (exact) mass is 625 g/mol. The maximum absolute atomic E-state index is 14.1. The number of aromatic nitrogens is 4. The van der Waals surface area contributed by atoms with Crippen LogP contribution in [0.15, 0.2) is 60.9 Å². The van der Waals surface area contributed by atoms with E-state index in [0.717, 1.165) is 0 Å². The summed E-state index contributed by atoms with van der Waals surface area (Å²) in [7, 11) is 0. The van der Waals surface area contributed by atoms with Crippen molar-refractivity contribution in [2.24, 2.45) is 0 Å². The van der Waals surface area contributed by atoms with Crippen molar-refractivity contribution in [1.29, 1.82) is 0 Å². The molecule has 44 heavy (non-hydrogen) atoms. The Morgan fingerprint density at radius 3 is 2.50 bits per heavy atom. The molecule has 4 atom stereocenters. The first kappa shape index (κ1) is 30.8. The molecule has 0 saturated carbocycles. The van der Waals surface area contributed by atoms with Gasteiger partial charge >= 0.3 is 11.9 Å². The Hall–Kier alpha value is -4.65. The molecule has 2 aromatic carbocycles. The van der Waals surface area contributed by atoms with Gasteiger partial charge in [0.05, 0.1) is 12.9 Å².